The van der Waals surface area contributed by atoms with Crippen molar-refractivity contribution in [2.45, 2.75) is 86.8 Å². The van der Waals surface area contributed by atoms with E-state index in [1.807, 2.05) is 56.7 Å². The number of fused-ring (bicyclic) bond motifs is 6. The van der Waals surface area contributed by atoms with Crippen LogP contribution in [0, 0.1) is 0 Å². The van der Waals surface area contributed by atoms with Gasteiger partial charge in [-0.25, -0.2) is 17.9 Å². The molecule has 20 heteroatoms. The molecular weight excluding hydrogens is 913 g/mol. The van der Waals surface area contributed by atoms with Crippen LogP contribution in [0.2, 0.25) is 0 Å². The van der Waals surface area contributed by atoms with Gasteiger partial charge in [0.05, 0.1) is 21.5 Å². The maximum Gasteiger partial charge on any atom is 0.333 e. The molecule has 3 N–H and O–H groups in total. The maximum absolute atomic E-state index is 13.1. The van der Waals surface area contributed by atoms with Crippen molar-refractivity contribution in [2.75, 3.05) is 24.2 Å². The van der Waals surface area contributed by atoms with Crippen LogP contribution >= 0.6 is 0 Å². The van der Waals surface area contributed by atoms with E-state index in [1.165, 1.54) is 24.3 Å². The zero-order chi connectivity index (χ0) is 48.1. The van der Waals surface area contributed by atoms with Crippen molar-refractivity contribution in [1.29, 1.82) is 0 Å². The summed E-state index contributed by atoms with van der Waals surface area (Å²) in [5.74, 6) is -2.54. The van der Waals surface area contributed by atoms with Crippen LogP contribution in [0.25, 0.3) is 21.5 Å². The van der Waals surface area contributed by atoms with Crippen molar-refractivity contribution in [3.8, 4) is 0 Å². The summed E-state index contributed by atoms with van der Waals surface area (Å²) in [5, 5.41) is 3.13. The number of nitrogens with zero attached hydrogens (tertiary/aromatic N) is 3. The summed E-state index contributed by atoms with van der Waals surface area (Å²) in [5.41, 5.74) is 3.27. The molecule has 1 fully saturated rings. The molecule has 0 radical (unpaired) electrons. The second kappa shape index (κ2) is 17.6. The smallest absolute Gasteiger partial charge is 0.333 e. The van der Waals surface area contributed by atoms with Gasteiger partial charge in [-0.15, -0.1) is 5.06 Å². The minimum absolute atomic E-state index is 0.00223. The third-order valence-corrected chi connectivity index (χ3v) is 14.3. The van der Waals surface area contributed by atoms with E-state index in [0.717, 1.165) is 34.2 Å². The van der Waals surface area contributed by atoms with E-state index < -0.39 is 64.8 Å². The van der Waals surface area contributed by atoms with E-state index in [9.17, 15) is 53.5 Å². The number of carbonyl (C=O) groups excluding carboxylic acids is 4. The monoisotopic (exact) mass is 961 g/mol. The first kappa shape index (κ1) is 47.9. The molecule has 0 unspecified atom stereocenters. The molecule has 0 spiro atoms. The summed E-state index contributed by atoms with van der Waals surface area (Å²) in [6, 6.07) is 15.8. The number of allylic oxidation sites excluding steroid dienone is 6. The summed E-state index contributed by atoms with van der Waals surface area (Å²) in [7, 11) is -12.8. The molecule has 4 aromatic rings. The molecule has 348 valence electrons. The molecule has 1 saturated heterocycles. The number of sulfonamides is 1. The van der Waals surface area contributed by atoms with Gasteiger partial charge in [0, 0.05) is 60.3 Å². The average Bonchev–Trinajstić information content (AvgIpc) is 3.73. The third-order valence-electron chi connectivity index (χ3n) is 12.0. The van der Waals surface area contributed by atoms with E-state index >= 15 is 0 Å². The van der Waals surface area contributed by atoms with Crippen LogP contribution in [0.4, 0.5) is 11.4 Å². The highest BCUT2D eigenvalue weighted by atomic mass is 32.2. The molecule has 3 amide bonds. The number of rotatable bonds is 15. The maximum atomic E-state index is 13.1. The largest absolute Gasteiger partial charge is 0.344 e. The van der Waals surface area contributed by atoms with Gasteiger partial charge in [0.2, 0.25) is 22.3 Å². The summed E-state index contributed by atoms with van der Waals surface area (Å²) in [6.07, 6.45) is 11.8. The molecule has 3 heterocycles. The summed E-state index contributed by atoms with van der Waals surface area (Å²) in [6.45, 7) is 8.12. The van der Waals surface area contributed by atoms with Gasteiger partial charge in [-0.3, -0.25) is 23.5 Å². The van der Waals surface area contributed by atoms with Crippen molar-refractivity contribution in [3.05, 3.63) is 108 Å². The predicted octanol–water partition coefficient (Wildman–Crippen LogP) is 5.90. The highest BCUT2D eigenvalue weighted by molar-refractivity contribution is 7.89. The standard InChI is InChI=1S/C46H48N4O13S3/c1-45(2)37(48(25-11-7-10-14-42(54)63-50-40(52)23-24-41(50)53)35-21-15-29-26-31(65(57,58)59)17-19-33(29)43(35)45)12-8-6-9-13-38-46(3,4)44-34-20-18-32(66(60,61)62)27-30(34)16-22-36(44)49(38)28-39(51)47-64(5,55)56/h6,8-9,12-13,15-22,26-27H,7,10-11,14,23-25,28H2,1-5H3,(H2-,47,51,57,58,59,60,61,62)/p+1. The van der Waals surface area contributed by atoms with Gasteiger partial charge in [-0.05, 0) is 96.3 Å². The molecule has 3 aliphatic heterocycles. The van der Waals surface area contributed by atoms with Crippen LogP contribution in [0.5, 0.6) is 0 Å². The molecule has 4 aromatic carbocycles. The van der Waals surface area contributed by atoms with Crippen LogP contribution in [0.15, 0.2) is 107 Å². The van der Waals surface area contributed by atoms with Crippen LogP contribution in [0.1, 0.15) is 77.3 Å². The Labute approximate surface area is 382 Å². The topological polar surface area (TPSA) is 242 Å². The fourth-order valence-corrected chi connectivity index (χ4v) is 10.6. The van der Waals surface area contributed by atoms with Gasteiger partial charge < -0.3 is 9.74 Å². The van der Waals surface area contributed by atoms with Gasteiger partial charge in [0.1, 0.15) is 0 Å². The van der Waals surface area contributed by atoms with Crippen molar-refractivity contribution in [1.82, 2.24) is 9.79 Å². The first-order chi connectivity index (χ1) is 30.8. The van der Waals surface area contributed by atoms with Crippen LogP contribution in [0.3, 0.4) is 0 Å². The average molecular weight is 962 g/mol. The Morgan fingerprint density at radius 2 is 1.35 bits per heavy atom. The first-order valence-electron chi connectivity index (χ1n) is 20.9. The lowest BCUT2D eigenvalue weighted by molar-refractivity contribution is -0.425. The number of hydrogen-bond donors (Lipinski definition) is 3. The quantitative estimate of drug-likeness (QED) is 0.0413. The highest BCUT2D eigenvalue weighted by Gasteiger charge is 2.46. The number of carbonyl (C=O) groups is 4. The molecule has 7 rings (SSSR count). The van der Waals surface area contributed by atoms with Crippen molar-refractivity contribution >= 4 is 92.6 Å². The first-order valence-corrected chi connectivity index (χ1v) is 25.7. The van der Waals surface area contributed by atoms with Gasteiger partial charge >= 0.3 is 5.97 Å². The molecule has 3 aliphatic rings. The van der Waals surface area contributed by atoms with Gasteiger partial charge in [0.15, 0.2) is 5.71 Å². The zero-order valence-electron chi connectivity index (χ0n) is 36.8. The second-order valence-electron chi connectivity index (χ2n) is 17.5. The van der Waals surface area contributed by atoms with Crippen LogP contribution in [-0.2, 0) is 65.1 Å². The van der Waals surface area contributed by atoms with Gasteiger partial charge in [-0.2, -0.15) is 21.4 Å². The SMILES string of the molecule is CC1(C)C(/C=C/C=C/C=C2/N(CCCCCC(=O)ON3C(=O)CCC3=O)c3ccc4cc(S(=O)(=O)O)ccc4c3C2(C)C)=[N+](CC(=O)NS(C)(=O)=O)c2ccc3cc(S(=O)(=O)O)ccc3c21. The minimum atomic E-state index is -4.49. The second-order valence-corrected chi connectivity index (χ2v) is 22.0. The summed E-state index contributed by atoms with van der Waals surface area (Å²) in [4.78, 5) is 56.0. The Bertz CT molecular complexity index is 3210. The van der Waals surface area contributed by atoms with E-state index in [-0.39, 0.29) is 35.6 Å². The molecule has 0 aromatic heterocycles. The van der Waals surface area contributed by atoms with Crippen LogP contribution in [-0.4, -0.2) is 92.7 Å². The Morgan fingerprint density at radius 3 is 1.94 bits per heavy atom. The van der Waals surface area contributed by atoms with Crippen molar-refractivity contribution in [2.24, 2.45) is 0 Å². The number of amides is 3. The molecule has 0 atom stereocenters. The van der Waals surface area contributed by atoms with E-state index in [4.69, 9.17) is 4.84 Å². The Hall–Kier alpha value is -6.06. The highest BCUT2D eigenvalue weighted by Crippen LogP contribution is 2.51. The summed E-state index contributed by atoms with van der Waals surface area (Å²) >= 11 is 0. The van der Waals surface area contributed by atoms with E-state index in [2.05, 4.69) is 4.90 Å². The number of imide groups is 1. The Morgan fingerprint density at radius 1 is 0.758 bits per heavy atom. The number of nitrogens with one attached hydrogen (secondary N) is 1. The third kappa shape index (κ3) is 9.59. The van der Waals surface area contributed by atoms with E-state index in [0.29, 0.717) is 58.4 Å². The summed E-state index contributed by atoms with van der Waals surface area (Å²) < 4.78 is 95.2. The lowest BCUT2D eigenvalue weighted by atomic mass is 9.79. The Kier molecular flexibility index (Phi) is 12.8. The normalized spacial score (nSPS) is 17.8. The number of benzene rings is 4. The minimum Gasteiger partial charge on any atom is -0.344 e. The fraction of sp³-hybridized carbons (Fsp3) is 0.326. The molecule has 0 saturated carbocycles. The number of anilines is 1. The molecule has 0 bridgehead atoms. The lowest BCUT2D eigenvalue weighted by Gasteiger charge is -2.27. The van der Waals surface area contributed by atoms with Crippen molar-refractivity contribution < 1.29 is 63.0 Å². The van der Waals surface area contributed by atoms with Crippen molar-refractivity contribution in [3.63, 3.8) is 0 Å². The fourth-order valence-electron chi connectivity index (χ4n) is 9.14. The molecule has 17 nitrogen and oxygen atoms in total. The Balaban J connectivity index is 1.19. The predicted molar refractivity (Wildman–Crippen MR) is 246 cm³/mol. The molecule has 0 aliphatic carbocycles. The number of hydrogen-bond acceptors (Lipinski definition) is 12. The zero-order valence-corrected chi connectivity index (χ0v) is 39.2. The lowest BCUT2D eigenvalue weighted by Crippen LogP contribution is -2.37. The van der Waals surface area contributed by atoms with Gasteiger partial charge in [0.25, 0.3) is 38.0 Å². The number of unbranched alkanes of at least 4 members (excludes halogenated alkanes) is 2. The number of hydroxylamine groups is 2. The molecular formula is C46H49N4O13S3+. The molecule has 66 heavy (non-hydrogen) atoms. The van der Waals surface area contributed by atoms with Gasteiger partial charge in [-0.1, -0.05) is 56.7 Å². The van der Waals surface area contributed by atoms with Crippen LogP contribution < -0.4 is 9.62 Å². The van der Waals surface area contributed by atoms with E-state index in [1.54, 1.807) is 47.1 Å².